The molecule has 1 N–H and O–H groups in total. The number of hydrogen-bond donors (Lipinski definition) is 1. The number of carbonyl (C=O) groups excluding carboxylic acids is 1. The summed E-state index contributed by atoms with van der Waals surface area (Å²) < 4.78 is 0. The number of aliphatic hydroxyl groups is 1. The molecule has 1 saturated heterocycles. The summed E-state index contributed by atoms with van der Waals surface area (Å²) >= 11 is 0. The van der Waals surface area contributed by atoms with E-state index in [2.05, 4.69) is 6.92 Å². The number of unbranched alkanes of at least 4 members (excludes halogenated alkanes) is 1. The fourth-order valence-corrected chi connectivity index (χ4v) is 2.69. The number of amides is 1. The van der Waals surface area contributed by atoms with Gasteiger partial charge in [-0.05, 0) is 25.7 Å². The van der Waals surface area contributed by atoms with Crippen molar-refractivity contribution in [1.82, 2.24) is 4.90 Å². The summed E-state index contributed by atoms with van der Waals surface area (Å²) in [7, 11) is 0. The second-order valence-corrected chi connectivity index (χ2v) is 4.53. The molecule has 0 spiro atoms. The first-order valence-corrected chi connectivity index (χ1v) is 5.72. The Bertz CT molecular complexity index is 229. The van der Waals surface area contributed by atoms with Crippen molar-refractivity contribution in [3.8, 4) is 0 Å². The second kappa shape index (κ2) is 3.89. The zero-order valence-corrected chi connectivity index (χ0v) is 8.78. The van der Waals surface area contributed by atoms with E-state index in [9.17, 15) is 9.90 Å². The van der Waals surface area contributed by atoms with Crippen molar-refractivity contribution in [3.63, 3.8) is 0 Å². The minimum atomic E-state index is -0.269. The molecule has 1 amide bonds. The molecule has 2 aliphatic rings. The summed E-state index contributed by atoms with van der Waals surface area (Å²) in [5.41, 5.74) is 0. The van der Waals surface area contributed by atoms with Gasteiger partial charge in [-0.25, -0.2) is 0 Å². The fourth-order valence-electron chi connectivity index (χ4n) is 2.69. The molecule has 0 aromatic rings. The van der Waals surface area contributed by atoms with Gasteiger partial charge in [-0.2, -0.15) is 0 Å². The predicted molar refractivity (Wildman–Crippen MR) is 53.8 cm³/mol. The van der Waals surface area contributed by atoms with Gasteiger partial charge in [0.15, 0.2) is 0 Å². The minimum Gasteiger partial charge on any atom is -0.391 e. The lowest BCUT2D eigenvalue weighted by Gasteiger charge is -2.28. The maximum Gasteiger partial charge on any atom is 0.226 e. The van der Waals surface area contributed by atoms with Crippen molar-refractivity contribution in [2.75, 3.05) is 6.54 Å². The molecular weight excluding hydrogens is 178 g/mol. The SMILES string of the molecule is CCCCN1C(=O)C2CCC(O)C1C2. The molecule has 0 radical (unpaired) electrons. The van der Waals surface area contributed by atoms with Gasteiger partial charge >= 0.3 is 0 Å². The van der Waals surface area contributed by atoms with E-state index in [0.717, 1.165) is 38.6 Å². The average Bonchev–Trinajstić information content (AvgIpc) is 2.45. The highest BCUT2D eigenvalue weighted by molar-refractivity contribution is 5.82. The van der Waals surface area contributed by atoms with Crippen LogP contribution in [0.1, 0.15) is 39.0 Å². The number of fused-ring (bicyclic) bond motifs is 2. The third-order valence-electron chi connectivity index (χ3n) is 3.57. The van der Waals surface area contributed by atoms with E-state index in [1.54, 1.807) is 0 Å². The Morgan fingerprint density at radius 1 is 1.50 bits per heavy atom. The standard InChI is InChI=1S/C11H19NO2/c1-2-3-6-12-9-7-8(11(12)14)4-5-10(9)13/h8-10,13H,2-7H2,1H3. The molecule has 1 saturated carbocycles. The molecule has 3 nitrogen and oxygen atoms in total. The van der Waals surface area contributed by atoms with Crippen LogP contribution in [0.15, 0.2) is 0 Å². The smallest absolute Gasteiger partial charge is 0.226 e. The van der Waals surface area contributed by atoms with E-state index in [-0.39, 0.29) is 18.1 Å². The highest BCUT2D eigenvalue weighted by atomic mass is 16.3. The minimum absolute atomic E-state index is 0.132. The molecule has 3 unspecified atom stereocenters. The number of aliphatic hydroxyl groups excluding tert-OH is 1. The number of hydrogen-bond acceptors (Lipinski definition) is 2. The number of carbonyl (C=O) groups is 1. The number of likely N-dealkylation sites (tertiary alicyclic amines) is 1. The molecule has 2 rings (SSSR count). The van der Waals surface area contributed by atoms with Crippen LogP contribution in [0.5, 0.6) is 0 Å². The van der Waals surface area contributed by atoms with E-state index >= 15 is 0 Å². The third kappa shape index (κ3) is 1.54. The van der Waals surface area contributed by atoms with Crippen molar-refractivity contribution < 1.29 is 9.90 Å². The normalized spacial score (nSPS) is 36.6. The van der Waals surface area contributed by atoms with Gasteiger partial charge in [-0.1, -0.05) is 13.3 Å². The Kier molecular flexibility index (Phi) is 2.77. The summed E-state index contributed by atoms with van der Waals surface area (Å²) in [6.45, 7) is 2.97. The Morgan fingerprint density at radius 3 is 3.00 bits per heavy atom. The van der Waals surface area contributed by atoms with Gasteiger partial charge in [0, 0.05) is 12.5 Å². The van der Waals surface area contributed by atoms with Gasteiger partial charge in [-0.3, -0.25) is 4.79 Å². The molecule has 14 heavy (non-hydrogen) atoms. The van der Waals surface area contributed by atoms with E-state index in [1.807, 2.05) is 4.90 Å². The lowest BCUT2D eigenvalue weighted by molar-refractivity contribution is -0.132. The highest BCUT2D eigenvalue weighted by Crippen LogP contribution is 2.36. The van der Waals surface area contributed by atoms with E-state index in [4.69, 9.17) is 0 Å². The number of nitrogens with zero attached hydrogens (tertiary/aromatic N) is 1. The lowest BCUT2D eigenvalue weighted by Crippen LogP contribution is -2.40. The largest absolute Gasteiger partial charge is 0.391 e. The molecule has 0 aromatic carbocycles. The van der Waals surface area contributed by atoms with Crippen molar-refractivity contribution >= 4 is 5.91 Å². The van der Waals surface area contributed by atoms with Gasteiger partial charge in [0.25, 0.3) is 0 Å². The summed E-state index contributed by atoms with van der Waals surface area (Å²) in [6.07, 6.45) is 4.49. The van der Waals surface area contributed by atoms with Gasteiger partial charge in [0.05, 0.1) is 12.1 Å². The average molecular weight is 197 g/mol. The summed E-state index contributed by atoms with van der Waals surface area (Å²) in [5, 5.41) is 9.79. The highest BCUT2D eigenvalue weighted by Gasteiger charge is 2.45. The molecule has 2 bridgehead atoms. The fraction of sp³-hybridized carbons (Fsp3) is 0.909. The zero-order valence-electron chi connectivity index (χ0n) is 8.78. The van der Waals surface area contributed by atoms with Crippen molar-refractivity contribution in [1.29, 1.82) is 0 Å². The van der Waals surface area contributed by atoms with Gasteiger partial charge in [0.2, 0.25) is 5.91 Å². The van der Waals surface area contributed by atoms with E-state index in [1.165, 1.54) is 0 Å². The van der Waals surface area contributed by atoms with Crippen LogP contribution in [0.2, 0.25) is 0 Å². The monoisotopic (exact) mass is 197 g/mol. The second-order valence-electron chi connectivity index (χ2n) is 4.53. The Hall–Kier alpha value is -0.570. The number of rotatable bonds is 3. The zero-order chi connectivity index (χ0) is 10.1. The van der Waals surface area contributed by atoms with Crippen molar-refractivity contribution in [2.24, 2.45) is 5.92 Å². The van der Waals surface area contributed by atoms with Crippen LogP contribution in [-0.2, 0) is 4.79 Å². The van der Waals surface area contributed by atoms with E-state index in [0.29, 0.717) is 5.91 Å². The summed E-state index contributed by atoms with van der Waals surface area (Å²) in [4.78, 5) is 13.8. The summed E-state index contributed by atoms with van der Waals surface area (Å²) in [5.74, 6) is 0.514. The van der Waals surface area contributed by atoms with Gasteiger partial charge in [0.1, 0.15) is 0 Å². The van der Waals surface area contributed by atoms with Gasteiger partial charge < -0.3 is 10.0 Å². The molecular formula is C11H19NO2. The maximum atomic E-state index is 11.9. The molecule has 0 aromatic heterocycles. The first-order valence-electron chi connectivity index (χ1n) is 5.72. The Morgan fingerprint density at radius 2 is 2.29 bits per heavy atom. The van der Waals surface area contributed by atoms with Crippen LogP contribution in [0.25, 0.3) is 0 Å². The molecule has 3 atom stereocenters. The first-order chi connectivity index (χ1) is 6.74. The Labute approximate surface area is 85.1 Å². The molecule has 80 valence electrons. The van der Waals surface area contributed by atoms with Crippen LogP contribution in [0, 0.1) is 5.92 Å². The lowest BCUT2D eigenvalue weighted by atomic mass is 9.88. The molecule has 1 heterocycles. The summed E-state index contributed by atoms with van der Waals surface area (Å²) in [6, 6.07) is 0.132. The van der Waals surface area contributed by atoms with Crippen LogP contribution in [0.4, 0.5) is 0 Å². The quantitative estimate of drug-likeness (QED) is 0.737. The molecule has 1 aliphatic carbocycles. The van der Waals surface area contributed by atoms with Crippen molar-refractivity contribution in [2.45, 2.75) is 51.2 Å². The molecule has 3 heteroatoms. The van der Waals surface area contributed by atoms with Crippen LogP contribution in [0.3, 0.4) is 0 Å². The molecule has 2 fully saturated rings. The van der Waals surface area contributed by atoms with Crippen molar-refractivity contribution in [3.05, 3.63) is 0 Å². The predicted octanol–water partition coefficient (Wildman–Crippen LogP) is 1.16. The van der Waals surface area contributed by atoms with Crippen LogP contribution in [-0.4, -0.2) is 34.6 Å². The van der Waals surface area contributed by atoms with Crippen LogP contribution >= 0.6 is 0 Å². The third-order valence-corrected chi connectivity index (χ3v) is 3.57. The Balaban J connectivity index is 2.04. The topological polar surface area (TPSA) is 40.5 Å². The maximum absolute atomic E-state index is 11.9. The molecule has 1 aliphatic heterocycles. The van der Waals surface area contributed by atoms with Gasteiger partial charge in [-0.15, -0.1) is 0 Å². The van der Waals surface area contributed by atoms with E-state index < -0.39 is 0 Å². The van der Waals surface area contributed by atoms with Crippen LogP contribution < -0.4 is 0 Å². The first kappa shape index (κ1) is 9.97.